The molecule has 5 nitrogen and oxygen atoms in total. The number of hydrogen-bond donors (Lipinski definition) is 1. The Balaban J connectivity index is 2.52. The minimum atomic E-state index is -4.39. The summed E-state index contributed by atoms with van der Waals surface area (Å²) in [5, 5.41) is 0. The molecule has 2 aromatic carbocycles. The number of halogens is 2. The van der Waals surface area contributed by atoms with E-state index in [0.717, 1.165) is 16.4 Å². The molecule has 0 aliphatic rings. The third-order valence-corrected chi connectivity index (χ3v) is 4.91. The number of amides is 1. The van der Waals surface area contributed by atoms with E-state index in [1.807, 2.05) is 0 Å². The first kappa shape index (κ1) is 16.9. The van der Waals surface area contributed by atoms with Gasteiger partial charge in [0.15, 0.2) is 0 Å². The van der Waals surface area contributed by atoms with Crippen LogP contribution in [0, 0.1) is 11.6 Å². The van der Waals surface area contributed by atoms with Crippen molar-refractivity contribution in [3.05, 3.63) is 60.2 Å². The number of sulfonamides is 1. The monoisotopic (exact) mass is 340 g/mol. The van der Waals surface area contributed by atoms with Crippen molar-refractivity contribution in [2.24, 2.45) is 5.73 Å². The van der Waals surface area contributed by atoms with Gasteiger partial charge < -0.3 is 5.73 Å². The zero-order valence-corrected chi connectivity index (χ0v) is 12.8. The van der Waals surface area contributed by atoms with Crippen LogP contribution < -0.4 is 10.0 Å². The SMILES string of the molecule is NC(=O)CCN(c1ccccc1)S(=O)(=O)c1cc(F)ccc1F. The van der Waals surface area contributed by atoms with Gasteiger partial charge in [0.05, 0.1) is 5.69 Å². The van der Waals surface area contributed by atoms with E-state index in [1.165, 1.54) is 12.1 Å². The lowest BCUT2D eigenvalue weighted by molar-refractivity contribution is -0.117. The molecule has 0 unspecified atom stereocenters. The second-order valence-electron chi connectivity index (χ2n) is 4.70. The van der Waals surface area contributed by atoms with Crippen molar-refractivity contribution in [2.75, 3.05) is 10.8 Å². The molecule has 2 aromatic rings. The van der Waals surface area contributed by atoms with Crippen LogP contribution in [0.25, 0.3) is 0 Å². The zero-order valence-electron chi connectivity index (χ0n) is 11.9. The number of benzene rings is 2. The van der Waals surface area contributed by atoms with Crippen LogP contribution in [0.3, 0.4) is 0 Å². The number of nitrogens with two attached hydrogens (primary N) is 1. The van der Waals surface area contributed by atoms with Crippen molar-refractivity contribution in [2.45, 2.75) is 11.3 Å². The second-order valence-corrected chi connectivity index (χ2v) is 6.53. The van der Waals surface area contributed by atoms with Crippen LogP contribution >= 0.6 is 0 Å². The van der Waals surface area contributed by atoms with Crippen molar-refractivity contribution in [3.63, 3.8) is 0 Å². The summed E-state index contributed by atoms with van der Waals surface area (Å²) in [6.45, 7) is -0.280. The van der Waals surface area contributed by atoms with Gasteiger partial charge in [0.1, 0.15) is 16.5 Å². The van der Waals surface area contributed by atoms with Gasteiger partial charge >= 0.3 is 0 Å². The Bertz CT molecular complexity index is 811. The molecule has 0 aliphatic carbocycles. The molecule has 2 N–H and O–H groups in total. The van der Waals surface area contributed by atoms with Gasteiger partial charge in [0.2, 0.25) is 5.91 Å². The van der Waals surface area contributed by atoms with Crippen LogP contribution in [0.5, 0.6) is 0 Å². The van der Waals surface area contributed by atoms with E-state index < -0.39 is 32.5 Å². The van der Waals surface area contributed by atoms with Crippen LogP contribution in [0.1, 0.15) is 6.42 Å². The molecule has 2 rings (SSSR count). The average molecular weight is 340 g/mol. The maximum absolute atomic E-state index is 13.9. The molecular weight excluding hydrogens is 326 g/mol. The molecule has 23 heavy (non-hydrogen) atoms. The lowest BCUT2D eigenvalue weighted by Crippen LogP contribution is -2.34. The number of nitrogens with zero attached hydrogens (tertiary/aromatic N) is 1. The summed E-state index contributed by atoms with van der Waals surface area (Å²) in [5.74, 6) is -2.67. The summed E-state index contributed by atoms with van der Waals surface area (Å²) < 4.78 is 53.4. The first-order valence-electron chi connectivity index (χ1n) is 6.63. The summed E-state index contributed by atoms with van der Waals surface area (Å²) in [6, 6.07) is 9.97. The van der Waals surface area contributed by atoms with E-state index in [0.29, 0.717) is 6.07 Å². The van der Waals surface area contributed by atoms with Crippen molar-refractivity contribution >= 4 is 21.6 Å². The Morgan fingerprint density at radius 2 is 1.74 bits per heavy atom. The van der Waals surface area contributed by atoms with Gasteiger partial charge in [-0.2, -0.15) is 0 Å². The molecule has 0 radical (unpaired) electrons. The van der Waals surface area contributed by atoms with Gasteiger partial charge in [-0.1, -0.05) is 18.2 Å². The minimum Gasteiger partial charge on any atom is -0.370 e. The normalized spacial score (nSPS) is 11.2. The average Bonchev–Trinajstić information content (AvgIpc) is 2.50. The van der Waals surface area contributed by atoms with Crippen molar-refractivity contribution in [3.8, 4) is 0 Å². The number of carbonyl (C=O) groups excluding carboxylic acids is 1. The highest BCUT2D eigenvalue weighted by atomic mass is 32.2. The summed E-state index contributed by atoms with van der Waals surface area (Å²) in [7, 11) is -4.39. The third-order valence-electron chi connectivity index (χ3n) is 3.07. The molecule has 0 aliphatic heterocycles. The molecule has 1 amide bonds. The molecule has 0 atom stereocenters. The fourth-order valence-corrected chi connectivity index (χ4v) is 3.53. The van der Waals surface area contributed by atoms with Crippen LogP contribution in [0.15, 0.2) is 53.4 Å². The first-order valence-corrected chi connectivity index (χ1v) is 8.07. The number of carbonyl (C=O) groups is 1. The lowest BCUT2D eigenvalue weighted by atomic mass is 10.3. The van der Waals surface area contributed by atoms with Gasteiger partial charge in [-0.15, -0.1) is 0 Å². The Hall–Kier alpha value is -2.48. The molecule has 122 valence electrons. The van der Waals surface area contributed by atoms with E-state index in [2.05, 4.69) is 0 Å². The highest BCUT2D eigenvalue weighted by Crippen LogP contribution is 2.26. The lowest BCUT2D eigenvalue weighted by Gasteiger charge is -2.24. The van der Waals surface area contributed by atoms with E-state index >= 15 is 0 Å². The van der Waals surface area contributed by atoms with Crippen LogP contribution in [-0.2, 0) is 14.8 Å². The van der Waals surface area contributed by atoms with Crippen LogP contribution in [0.4, 0.5) is 14.5 Å². The number of para-hydroxylation sites is 1. The predicted octanol–water partition coefficient (Wildman–Crippen LogP) is 2.04. The summed E-state index contributed by atoms with van der Waals surface area (Å²) in [6.07, 6.45) is -0.259. The van der Waals surface area contributed by atoms with Crippen molar-refractivity contribution in [1.82, 2.24) is 0 Å². The Morgan fingerprint density at radius 3 is 2.35 bits per heavy atom. The summed E-state index contributed by atoms with van der Waals surface area (Å²) in [5.41, 5.74) is 5.28. The highest BCUT2D eigenvalue weighted by molar-refractivity contribution is 7.92. The molecule has 0 heterocycles. The number of anilines is 1. The van der Waals surface area contributed by atoms with Gasteiger partial charge in [0, 0.05) is 13.0 Å². The molecule has 0 saturated heterocycles. The van der Waals surface area contributed by atoms with Crippen molar-refractivity contribution < 1.29 is 22.0 Å². The minimum absolute atomic E-state index is 0.220. The number of rotatable bonds is 6. The molecule has 0 spiro atoms. The maximum atomic E-state index is 13.9. The van der Waals surface area contributed by atoms with Crippen LogP contribution in [-0.4, -0.2) is 20.9 Å². The molecular formula is C15H14F2N2O3S. The fraction of sp³-hybridized carbons (Fsp3) is 0.133. The van der Waals surface area contributed by atoms with E-state index in [4.69, 9.17) is 5.73 Å². The standard InChI is InChI=1S/C15H14F2N2O3S/c16-11-6-7-13(17)14(10-11)23(21,22)19(9-8-15(18)20)12-4-2-1-3-5-12/h1-7,10H,8-9H2,(H2,18,20). The number of primary amides is 1. The quantitative estimate of drug-likeness (QED) is 0.874. The largest absolute Gasteiger partial charge is 0.370 e. The Kier molecular flexibility index (Phi) is 4.95. The highest BCUT2D eigenvalue weighted by Gasteiger charge is 2.28. The fourth-order valence-electron chi connectivity index (χ4n) is 1.99. The molecule has 8 heteroatoms. The number of hydrogen-bond acceptors (Lipinski definition) is 3. The van der Waals surface area contributed by atoms with E-state index in [-0.39, 0.29) is 18.7 Å². The van der Waals surface area contributed by atoms with Gasteiger partial charge in [0.25, 0.3) is 10.0 Å². The van der Waals surface area contributed by atoms with Gasteiger partial charge in [-0.05, 0) is 30.3 Å². The van der Waals surface area contributed by atoms with E-state index in [9.17, 15) is 22.0 Å². The van der Waals surface area contributed by atoms with Gasteiger partial charge in [-0.3, -0.25) is 9.10 Å². The Morgan fingerprint density at radius 1 is 1.09 bits per heavy atom. The molecule has 0 fully saturated rings. The van der Waals surface area contributed by atoms with Gasteiger partial charge in [-0.25, -0.2) is 17.2 Å². The maximum Gasteiger partial charge on any atom is 0.267 e. The molecule has 0 saturated carbocycles. The summed E-state index contributed by atoms with van der Waals surface area (Å²) >= 11 is 0. The predicted molar refractivity (Wildman–Crippen MR) is 81.1 cm³/mol. The molecule has 0 aromatic heterocycles. The zero-order chi connectivity index (χ0) is 17.0. The topological polar surface area (TPSA) is 80.5 Å². The first-order chi connectivity index (χ1) is 10.8. The summed E-state index contributed by atoms with van der Waals surface area (Å²) in [4.78, 5) is 10.2. The third kappa shape index (κ3) is 3.84. The molecule has 0 bridgehead atoms. The van der Waals surface area contributed by atoms with Crippen molar-refractivity contribution in [1.29, 1.82) is 0 Å². The smallest absolute Gasteiger partial charge is 0.267 e. The van der Waals surface area contributed by atoms with E-state index in [1.54, 1.807) is 18.2 Å². The van der Waals surface area contributed by atoms with Crippen LogP contribution in [0.2, 0.25) is 0 Å². The Labute approximate surface area is 132 Å². The second kappa shape index (κ2) is 6.74.